The molecular formula is C38H25NS2. The van der Waals surface area contributed by atoms with E-state index in [9.17, 15) is 0 Å². The second-order valence-electron chi connectivity index (χ2n) is 11.1. The summed E-state index contributed by atoms with van der Waals surface area (Å²) in [7, 11) is 0. The van der Waals surface area contributed by atoms with Crippen LogP contribution in [0.3, 0.4) is 0 Å². The van der Waals surface area contributed by atoms with Gasteiger partial charge < -0.3 is 4.57 Å². The Morgan fingerprint density at radius 2 is 1.17 bits per heavy atom. The molecule has 9 rings (SSSR count). The van der Waals surface area contributed by atoms with E-state index in [4.69, 9.17) is 0 Å². The minimum atomic E-state index is 1.25. The van der Waals surface area contributed by atoms with Crippen LogP contribution < -0.4 is 0 Å². The Balaban J connectivity index is 1.33. The standard InChI is InChI=1S/C38H25NS2/c1-22-13-17-31-29(19-22)30-20-23(2)14-18-32(30)39(31)33-10-5-9-28-37-25(8-6-12-35(37)41-38(28)33)24-15-16-27-26-7-3-4-11-34(26)40-36(27)21-24/h3-21H,1-2H3. The topological polar surface area (TPSA) is 4.93 Å². The zero-order valence-electron chi connectivity index (χ0n) is 22.7. The van der Waals surface area contributed by atoms with Gasteiger partial charge in [0.25, 0.3) is 0 Å². The molecule has 0 N–H and O–H groups in total. The molecular weight excluding hydrogens is 535 g/mol. The average molecular weight is 560 g/mol. The van der Waals surface area contributed by atoms with E-state index in [1.54, 1.807) is 0 Å². The summed E-state index contributed by atoms with van der Waals surface area (Å²) < 4.78 is 7.83. The predicted molar refractivity (Wildman–Crippen MR) is 181 cm³/mol. The molecule has 1 nitrogen and oxygen atoms in total. The van der Waals surface area contributed by atoms with Gasteiger partial charge in [-0.3, -0.25) is 0 Å². The number of fused-ring (bicyclic) bond motifs is 9. The van der Waals surface area contributed by atoms with Gasteiger partial charge in [0.2, 0.25) is 0 Å². The molecule has 41 heavy (non-hydrogen) atoms. The first-order valence-corrected chi connectivity index (χ1v) is 15.6. The van der Waals surface area contributed by atoms with Crippen molar-refractivity contribution >= 4 is 84.8 Å². The maximum atomic E-state index is 2.48. The highest BCUT2D eigenvalue weighted by Gasteiger charge is 2.18. The highest BCUT2D eigenvalue weighted by Crippen LogP contribution is 2.45. The lowest BCUT2D eigenvalue weighted by Crippen LogP contribution is -1.94. The quantitative estimate of drug-likeness (QED) is 0.198. The van der Waals surface area contributed by atoms with E-state index in [2.05, 4.69) is 134 Å². The largest absolute Gasteiger partial charge is 0.308 e. The molecule has 0 aliphatic heterocycles. The summed E-state index contributed by atoms with van der Waals surface area (Å²) in [6.07, 6.45) is 0. The van der Waals surface area contributed by atoms with Crippen molar-refractivity contribution in [2.24, 2.45) is 0 Å². The van der Waals surface area contributed by atoms with Gasteiger partial charge in [-0.25, -0.2) is 0 Å². The van der Waals surface area contributed by atoms with Crippen LogP contribution >= 0.6 is 22.7 Å². The molecule has 0 saturated heterocycles. The first kappa shape index (κ1) is 23.3. The molecule has 0 spiro atoms. The molecule has 0 amide bonds. The third-order valence-corrected chi connectivity index (χ3v) is 10.8. The SMILES string of the molecule is Cc1ccc2c(c1)c1cc(C)ccc1n2-c1cccc2c1sc1cccc(-c3ccc4c(c3)sc3ccccc34)c12. The van der Waals surface area contributed by atoms with Crippen molar-refractivity contribution in [3.05, 3.63) is 126 Å². The third-order valence-electron chi connectivity index (χ3n) is 8.51. The van der Waals surface area contributed by atoms with E-state index < -0.39 is 0 Å². The highest BCUT2D eigenvalue weighted by molar-refractivity contribution is 7.26. The maximum Gasteiger partial charge on any atom is 0.0640 e. The number of hydrogen-bond donors (Lipinski definition) is 0. The molecule has 0 bridgehead atoms. The molecule has 6 aromatic carbocycles. The summed E-state index contributed by atoms with van der Waals surface area (Å²) in [4.78, 5) is 0. The fraction of sp³-hybridized carbons (Fsp3) is 0.0526. The molecule has 0 radical (unpaired) electrons. The van der Waals surface area contributed by atoms with E-state index in [1.165, 1.54) is 90.1 Å². The monoisotopic (exact) mass is 559 g/mol. The van der Waals surface area contributed by atoms with Crippen molar-refractivity contribution < 1.29 is 0 Å². The molecule has 3 heteroatoms. The van der Waals surface area contributed by atoms with Gasteiger partial charge >= 0.3 is 0 Å². The van der Waals surface area contributed by atoms with Crippen LogP contribution in [-0.4, -0.2) is 4.57 Å². The first-order valence-electron chi connectivity index (χ1n) is 14.0. The zero-order chi connectivity index (χ0) is 27.2. The fourth-order valence-electron chi connectivity index (χ4n) is 6.65. The number of thiophene rings is 2. The molecule has 3 aromatic heterocycles. The van der Waals surface area contributed by atoms with Gasteiger partial charge in [0.1, 0.15) is 0 Å². The van der Waals surface area contributed by atoms with Gasteiger partial charge in [-0.15, -0.1) is 22.7 Å². The summed E-state index contributed by atoms with van der Waals surface area (Å²) in [5.74, 6) is 0. The Morgan fingerprint density at radius 1 is 0.488 bits per heavy atom. The highest BCUT2D eigenvalue weighted by atomic mass is 32.1. The van der Waals surface area contributed by atoms with E-state index in [-0.39, 0.29) is 0 Å². The second kappa shape index (κ2) is 8.53. The van der Waals surface area contributed by atoms with Gasteiger partial charge in [0.05, 0.1) is 21.4 Å². The number of aryl methyl sites for hydroxylation is 2. The lowest BCUT2D eigenvalue weighted by molar-refractivity contribution is 1.20. The molecule has 3 heterocycles. The number of rotatable bonds is 2. The predicted octanol–water partition coefficient (Wildman–Crippen LogP) is 11.8. The number of benzene rings is 6. The number of hydrogen-bond acceptors (Lipinski definition) is 2. The Morgan fingerprint density at radius 3 is 1.98 bits per heavy atom. The summed E-state index contributed by atoms with van der Waals surface area (Å²) in [6.45, 7) is 4.37. The van der Waals surface area contributed by atoms with E-state index in [1.807, 2.05) is 22.7 Å². The molecule has 0 atom stereocenters. The van der Waals surface area contributed by atoms with Crippen LogP contribution in [0, 0.1) is 13.8 Å². The molecule has 9 aromatic rings. The maximum absolute atomic E-state index is 2.48. The molecule has 0 fully saturated rings. The van der Waals surface area contributed by atoms with E-state index >= 15 is 0 Å². The van der Waals surface area contributed by atoms with E-state index in [0.717, 1.165) is 0 Å². The van der Waals surface area contributed by atoms with Gasteiger partial charge in [-0.2, -0.15) is 0 Å². The molecule has 0 aliphatic carbocycles. The third kappa shape index (κ3) is 3.34. The summed E-state index contributed by atoms with van der Waals surface area (Å²) in [5, 5.41) is 8.00. The summed E-state index contributed by atoms with van der Waals surface area (Å²) in [5.41, 5.74) is 8.94. The van der Waals surface area contributed by atoms with Crippen molar-refractivity contribution in [1.82, 2.24) is 4.57 Å². The van der Waals surface area contributed by atoms with Gasteiger partial charge in [0.15, 0.2) is 0 Å². The van der Waals surface area contributed by atoms with Crippen molar-refractivity contribution in [2.75, 3.05) is 0 Å². The van der Waals surface area contributed by atoms with Crippen molar-refractivity contribution in [3.63, 3.8) is 0 Å². The minimum Gasteiger partial charge on any atom is -0.308 e. The molecule has 0 unspecified atom stereocenters. The zero-order valence-corrected chi connectivity index (χ0v) is 24.4. The van der Waals surface area contributed by atoms with Crippen LogP contribution in [0.1, 0.15) is 11.1 Å². The number of nitrogens with zero attached hydrogens (tertiary/aromatic N) is 1. The summed E-state index contributed by atoms with van der Waals surface area (Å²) >= 11 is 3.79. The number of aromatic nitrogens is 1. The lowest BCUT2D eigenvalue weighted by atomic mass is 9.98. The molecule has 0 saturated carbocycles. The van der Waals surface area contributed by atoms with Crippen molar-refractivity contribution in [2.45, 2.75) is 13.8 Å². The van der Waals surface area contributed by atoms with E-state index in [0.29, 0.717) is 0 Å². The van der Waals surface area contributed by atoms with Crippen LogP contribution in [0.4, 0.5) is 0 Å². The average Bonchev–Trinajstić information content (AvgIpc) is 3.66. The fourth-order valence-corrected chi connectivity index (χ4v) is 9.03. The van der Waals surface area contributed by atoms with Gasteiger partial charge in [0, 0.05) is 46.4 Å². The van der Waals surface area contributed by atoms with Crippen molar-refractivity contribution in [3.8, 4) is 16.8 Å². The van der Waals surface area contributed by atoms with Crippen LogP contribution in [0.15, 0.2) is 115 Å². The summed E-state index contributed by atoms with van der Waals surface area (Å²) in [6, 6.07) is 43.1. The lowest BCUT2D eigenvalue weighted by Gasteiger charge is -2.10. The van der Waals surface area contributed by atoms with Crippen LogP contribution in [-0.2, 0) is 0 Å². The van der Waals surface area contributed by atoms with Crippen LogP contribution in [0.25, 0.3) is 79.0 Å². The van der Waals surface area contributed by atoms with Crippen LogP contribution in [0.5, 0.6) is 0 Å². The van der Waals surface area contributed by atoms with Crippen molar-refractivity contribution in [1.29, 1.82) is 0 Å². The Labute approximate surface area is 245 Å². The normalized spacial score (nSPS) is 12.1. The Kier molecular flexibility index (Phi) is 4.84. The van der Waals surface area contributed by atoms with Gasteiger partial charge in [-0.1, -0.05) is 77.9 Å². The second-order valence-corrected chi connectivity index (χ2v) is 13.3. The molecule has 194 valence electrons. The molecule has 0 aliphatic rings. The Hall–Kier alpha value is -4.44. The van der Waals surface area contributed by atoms with Gasteiger partial charge in [-0.05, 0) is 73.5 Å². The van der Waals surface area contributed by atoms with Crippen LogP contribution in [0.2, 0.25) is 0 Å². The Bertz CT molecular complexity index is 2440. The minimum absolute atomic E-state index is 1.25. The first-order chi connectivity index (χ1) is 20.1. The smallest absolute Gasteiger partial charge is 0.0640 e.